The number of carboxylic acids is 1. The second-order valence-corrected chi connectivity index (χ2v) is 6.11. The highest BCUT2D eigenvalue weighted by atomic mass is 32.1. The Labute approximate surface area is 134 Å². The number of carbonyl (C=O) groups excluding carboxylic acids is 1. The first-order valence-corrected chi connectivity index (χ1v) is 8.32. The maximum Gasteiger partial charge on any atom is 0.305 e. The average Bonchev–Trinajstić information content (AvgIpc) is 2.97. The van der Waals surface area contributed by atoms with Crippen molar-refractivity contribution in [2.24, 2.45) is 0 Å². The average molecular weight is 328 g/mol. The lowest BCUT2D eigenvalue weighted by molar-refractivity contribution is -0.137. The van der Waals surface area contributed by atoms with E-state index in [-0.39, 0.29) is 25.4 Å². The third-order valence-electron chi connectivity index (χ3n) is 3.22. The molecule has 1 amide bonds. The van der Waals surface area contributed by atoms with Gasteiger partial charge in [0.05, 0.1) is 13.0 Å². The van der Waals surface area contributed by atoms with Gasteiger partial charge >= 0.3 is 5.97 Å². The van der Waals surface area contributed by atoms with Gasteiger partial charge in [0, 0.05) is 20.1 Å². The van der Waals surface area contributed by atoms with Crippen molar-refractivity contribution in [3.05, 3.63) is 5.01 Å². The molecule has 0 spiro atoms. The van der Waals surface area contributed by atoms with E-state index in [2.05, 4.69) is 17.1 Å². The highest BCUT2D eigenvalue weighted by Gasteiger charge is 2.19. The molecule has 0 bridgehead atoms. The van der Waals surface area contributed by atoms with Crippen LogP contribution in [0, 0.1) is 0 Å². The Hall–Kier alpha value is -1.70. The Balaban J connectivity index is 2.72. The molecule has 1 aromatic rings. The van der Waals surface area contributed by atoms with E-state index in [1.165, 1.54) is 11.3 Å². The van der Waals surface area contributed by atoms with Gasteiger partial charge in [-0.05, 0) is 12.8 Å². The van der Waals surface area contributed by atoms with Gasteiger partial charge in [0.15, 0.2) is 0 Å². The fourth-order valence-electron chi connectivity index (χ4n) is 1.79. The quantitative estimate of drug-likeness (QED) is 0.702. The Morgan fingerprint density at radius 1 is 1.23 bits per heavy atom. The highest BCUT2D eigenvalue weighted by molar-refractivity contribution is 7.15. The van der Waals surface area contributed by atoms with Gasteiger partial charge in [0.1, 0.15) is 5.01 Å². The number of likely N-dealkylation sites (N-methyl/N-ethyl adjacent to an activating group) is 1. The Kier molecular flexibility index (Phi) is 7.79. The van der Waals surface area contributed by atoms with Crippen molar-refractivity contribution < 1.29 is 14.7 Å². The smallest absolute Gasteiger partial charge is 0.305 e. The fourth-order valence-corrected chi connectivity index (χ4v) is 2.60. The van der Waals surface area contributed by atoms with Crippen LogP contribution in [0.1, 0.15) is 38.1 Å². The van der Waals surface area contributed by atoms with Crippen molar-refractivity contribution in [3.8, 4) is 0 Å². The van der Waals surface area contributed by atoms with Crippen LogP contribution in [0.4, 0.5) is 5.13 Å². The lowest BCUT2D eigenvalue weighted by atomic mass is 10.3. The monoisotopic (exact) mass is 328 g/mol. The molecule has 1 rings (SSSR count). The molecule has 0 unspecified atom stereocenters. The van der Waals surface area contributed by atoms with Crippen LogP contribution in [-0.2, 0) is 16.0 Å². The first-order chi connectivity index (χ1) is 10.5. The summed E-state index contributed by atoms with van der Waals surface area (Å²) in [6.45, 7) is 5.14. The minimum atomic E-state index is -0.892. The first kappa shape index (κ1) is 18.3. The zero-order valence-corrected chi connectivity index (χ0v) is 14.2. The van der Waals surface area contributed by atoms with Crippen LogP contribution in [-0.4, -0.2) is 58.8 Å². The minimum absolute atomic E-state index is 0.0347. The number of carbonyl (C=O) groups is 2. The molecule has 0 aliphatic heterocycles. The largest absolute Gasteiger partial charge is 0.481 e. The van der Waals surface area contributed by atoms with Crippen molar-refractivity contribution >= 4 is 28.3 Å². The molecule has 0 saturated heterocycles. The number of anilines is 1. The summed E-state index contributed by atoms with van der Waals surface area (Å²) in [5, 5.41) is 18.5. The van der Waals surface area contributed by atoms with Crippen LogP contribution in [0.25, 0.3) is 0 Å². The predicted molar refractivity (Wildman–Crippen MR) is 86.3 cm³/mol. The summed E-state index contributed by atoms with van der Waals surface area (Å²) in [5.74, 6) is -0.927. The van der Waals surface area contributed by atoms with E-state index in [9.17, 15) is 9.59 Å². The third kappa shape index (κ3) is 5.97. The lowest BCUT2D eigenvalue weighted by Gasteiger charge is -2.24. The maximum atomic E-state index is 12.2. The summed E-state index contributed by atoms with van der Waals surface area (Å²) in [5.41, 5.74) is 0. The molecule has 0 aliphatic carbocycles. The van der Waals surface area contributed by atoms with Crippen LogP contribution >= 0.6 is 11.3 Å². The Morgan fingerprint density at radius 2 is 1.95 bits per heavy atom. The molecule has 8 heteroatoms. The van der Waals surface area contributed by atoms with E-state index in [1.54, 1.807) is 16.8 Å². The van der Waals surface area contributed by atoms with E-state index in [4.69, 9.17) is 5.11 Å². The number of unbranched alkanes of at least 4 members (excludes halogenated alkanes) is 1. The first-order valence-electron chi connectivity index (χ1n) is 7.51. The van der Waals surface area contributed by atoms with E-state index in [0.717, 1.165) is 24.3 Å². The topological polar surface area (TPSA) is 86.6 Å². The van der Waals surface area contributed by atoms with Crippen LogP contribution in [0.2, 0.25) is 0 Å². The summed E-state index contributed by atoms with van der Waals surface area (Å²) in [6.07, 6.45) is 2.72. The van der Waals surface area contributed by atoms with Crippen LogP contribution in [0.5, 0.6) is 0 Å². The standard InChI is InChI=1S/C14H24N4O3S/c1-4-6-8-17(3)12(19)10-18(9-7-13(20)21)14-16-15-11(5-2)22-14/h4-10H2,1-3H3,(H,20,21). The number of hydrogen-bond acceptors (Lipinski definition) is 6. The number of nitrogens with zero attached hydrogens (tertiary/aromatic N) is 4. The van der Waals surface area contributed by atoms with E-state index in [1.807, 2.05) is 6.92 Å². The van der Waals surface area contributed by atoms with Crippen LogP contribution in [0.3, 0.4) is 0 Å². The molecule has 124 valence electrons. The minimum Gasteiger partial charge on any atom is -0.481 e. The van der Waals surface area contributed by atoms with Crippen molar-refractivity contribution in [1.82, 2.24) is 15.1 Å². The molecule has 22 heavy (non-hydrogen) atoms. The summed E-state index contributed by atoms with van der Waals surface area (Å²) in [4.78, 5) is 26.4. The molecular weight excluding hydrogens is 304 g/mol. The van der Waals surface area contributed by atoms with Crippen LogP contribution in [0.15, 0.2) is 0 Å². The number of rotatable bonds is 10. The number of amides is 1. The summed E-state index contributed by atoms with van der Waals surface area (Å²) < 4.78 is 0. The van der Waals surface area contributed by atoms with E-state index in [0.29, 0.717) is 11.7 Å². The molecule has 1 heterocycles. The van der Waals surface area contributed by atoms with Crippen LogP contribution < -0.4 is 4.90 Å². The van der Waals surface area contributed by atoms with Gasteiger partial charge in [-0.15, -0.1) is 10.2 Å². The van der Waals surface area contributed by atoms with Crippen molar-refractivity contribution in [2.75, 3.05) is 31.6 Å². The SMILES string of the molecule is CCCCN(C)C(=O)CN(CCC(=O)O)c1nnc(CC)s1. The molecule has 1 N–H and O–H groups in total. The molecule has 1 aromatic heterocycles. The van der Waals surface area contributed by atoms with Gasteiger partial charge in [-0.2, -0.15) is 0 Å². The van der Waals surface area contributed by atoms with Gasteiger partial charge in [0.25, 0.3) is 0 Å². The molecule has 7 nitrogen and oxygen atoms in total. The summed E-state index contributed by atoms with van der Waals surface area (Å²) in [6, 6.07) is 0. The molecule has 0 fully saturated rings. The molecular formula is C14H24N4O3S. The van der Waals surface area contributed by atoms with Gasteiger partial charge in [-0.3, -0.25) is 9.59 Å². The molecule has 0 aromatic carbocycles. The molecule has 0 atom stereocenters. The number of aryl methyl sites for hydroxylation is 1. The number of hydrogen-bond donors (Lipinski definition) is 1. The fraction of sp³-hybridized carbons (Fsp3) is 0.714. The van der Waals surface area contributed by atoms with Crippen molar-refractivity contribution in [1.29, 1.82) is 0 Å². The normalized spacial score (nSPS) is 10.5. The molecule has 0 saturated carbocycles. The zero-order valence-electron chi connectivity index (χ0n) is 13.4. The van der Waals surface area contributed by atoms with Gasteiger partial charge in [0.2, 0.25) is 11.0 Å². The molecule has 0 aliphatic rings. The Bertz CT molecular complexity index is 492. The highest BCUT2D eigenvalue weighted by Crippen LogP contribution is 2.21. The zero-order chi connectivity index (χ0) is 16.5. The molecule has 0 radical (unpaired) electrons. The maximum absolute atomic E-state index is 12.2. The summed E-state index contributed by atoms with van der Waals surface area (Å²) >= 11 is 1.40. The Morgan fingerprint density at radius 3 is 2.50 bits per heavy atom. The summed E-state index contributed by atoms with van der Waals surface area (Å²) in [7, 11) is 1.77. The second-order valence-electron chi connectivity index (χ2n) is 5.07. The van der Waals surface area contributed by atoms with E-state index >= 15 is 0 Å². The van der Waals surface area contributed by atoms with Gasteiger partial charge < -0.3 is 14.9 Å². The second kappa shape index (κ2) is 9.34. The predicted octanol–water partition coefficient (Wildman–Crippen LogP) is 1.64. The lowest BCUT2D eigenvalue weighted by Crippen LogP contribution is -2.39. The van der Waals surface area contributed by atoms with Crippen molar-refractivity contribution in [2.45, 2.75) is 39.5 Å². The van der Waals surface area contributed by atoms with Crippen molar-refractivity contribution in [3.63, 3.8) is 0 Å². The number of aliphatic carboxylic acids is 1. The van der Waals surface area contributed by atoms with E-state index < -0.39 is 5.97 Å². The third-order valence-corrected chi connectivity index (χ3v) is 4.35. The van der Waals surface area contributed by atoms with Gasteiger partial charge in [-0.25, -0.2) is 0 Å². The van der Waals surface area contributed by atoms with Gasteiger partial charge in [-0.1, -0.05) is 31.6 Å². The number of carboxylic acid groups (broad SMARTS) is 1. The number of aromatic nitrogens is 2.